The third kappa shape index (κ3) is 3.79. The van der Waals surface area contributed by atoms with Crippen LogP contribution in [0.25, 0.3) is 0 Å². The molecular weight excluding hydrogens is 295 g/mol. The summed E-state index contributed by atoms with van der Waals surface area (Å²) in [5, 5.41) is 3.07. The molecule has 0 radical (unpaired) electrons. The minimum atomic E-state index is -0.875. The first-order valence-corrected chi connectivity index (χ1v) is 8.42. The highest BCUT2D eigenvalue weighted by Crippen LogP contribution is 2.26. The monoisotopic (exact) mass is 314 g/mol. The lowest BCUT2D eigenvalue weighted by atomic mass is 10.1. The topological polar surface area (TPSA) is 58.6 Å². The number of ether oxygens (including phenoxy) is 1. The summed E-state index contributed by atoms with van der Waals surface area (Å²) in [4.78, 5) is 13.6. The van der Waals surface area contributed by atoms with Gasteiger partial charge in [-0.3, -0.25) is 14.3 Å². The number of carbonyl (C=O) groups excluding carboxylic acids is 1. The molecule has 21 heavy (non-hydrogen) atoms. The van der Waals surface area contributed by atoms with Gasteiger partial charge >= 0.3 is 0 Å². The maximum Gasteiger partial charge on any atom is 0.238 e. The van der Waals surface area contributed by atoms with Crippen molar-refractivity contribution in [2.75, 3.05) is 32.2 Å². The van der Waals surface area contributed by atoms with E-state index in [0.29, 0.717) is 24.3 Å². The van der Waals surface area contributed by atoms with E-state index in [-0.39, 0.29) is 24.4 Å². The second kappa shape index (κ2) is 7.00. The number of carbonyl (C=O) groups is 1. The number of hydrogen-bond donors (Lipinski definition) is 1. The van der Waals surface area contributed by atoms with Gasteiger partial charge in [0.2, 0.25) is 5.91 Å². The maximum atomic E-state index is 13.8. The number of amides is 1. The molecule has 0 aliphatic carbocycles. The van der Waals surface area contributed by atoms with Crippen LogP contribution in [0.1, 0.15) is 18.2 Å². The van der Waals surface area contributed by atoms with E-state index in [9.17, 15) is 13.4 Å². The molecule has 0 aromatic heterocycles. The van der Waals surface area contributed by atoms with Crippen molar-refractivity contribution in [3.05, 3.63) is 29.6 Å². The van der Waals surface area contributed by atoms with Crippen molar-refractivity contribution >= 4 is 16.7 Å². The molecule has 0 bridgehead atoms. The average Bonchev–Trinajstić information content (AvgIpc) is 2.80. The Balaban J connectivity index is 2.11. The normalized spacial score (nSPS) is 19.9. The summed E-state index contributed by atoms with van der Waals surface area (Å²) in [6, 6.07) is 4.66. The number of benzene rings is 1. The van der Waals surface area contributed by atoms with Crippen LogP contribution in [0, 0.1) is 5.82 Å². The fourth-order valence-corrected chi connectivity index (χ4v) is 2.92. The molecule has 1 aliphatic heterocycles. The fraction of sp³-hybridized carbons (Fsp3) is 0.500. The zero-order valence-electron chi connectivity index (χ0n) is 12.1. The fourth-order valence-electron chi connectivity index (χ4n) is 2.38. The maximum absolute atomic E-state index is 13.8. The van der Waals surface area contributed by atoms with Crippen molar-refractivity contribution in [2.45, 2.75) is 12.6 Å². The quantitative estimate of drug-likeness (QED) is 0.852. The van der Waals surface area contributed by atoms with E-state index in [4.69, 9.17) is 4.74 Å². The highest BCUT2D eigenvalue weighted by atomic mass is 32.2. The molecule has 1 aromatic rings. The Hall–Kier alpha value is -1.47. The molecular formula is C14H19FN2O3S. The summed E-state index contributed by atoms with van der Waals surface area (Å²) in [6.45, 7) is 0.733. The number of nitrogens with zero attached hydrogens (tertiary/aromatic N) is 1. The molecule has 2 unspecified atom stereocenters. The molecule has 1 fully saturated rings. The summed E-state index contributed by atoms with van der Waals surface area (Å²) in [5.41, 5.74) is 0.678. The molecule has 1 aromatic carbocycles. The van der Waals surface area contributed by atoms with Gasteiger partial charge in [0.25, 0.3) is 0 Å². The van der Waals surface area contributed by atoms with Crippen LogP contribution in [0.4, 0.5) is 4.39 Å². The third-order valence-electron chi connectivity index (χ3n) is 3.40. The molecule has 1 saturated heterocycles. The SMILES string of the molecule is COc1ccc(C2NCC(=O)N2CCCS(C)=O)cc1F. The molecule has 1 N–H and O–H groups in total. The Morgan fingerprint density at radius 1 is 1.52 bits per heavy atom. The van der Waals surface area contributed by atoms with Gasteiger partial charge in [0, 0.05) is 29.4 Å². The van der Waals surface area contributed by atoms with Crippen LogP contribution in [0.3, 0.4) is 0 Å². The summed E-state index contributed by atoms with van der Waals surface area (Å²) < 4.78 is 29.8. The van der Waals surface area contributed by atoms with E-state index in [2.05, 4.69) is 5.32 Å². The van der Waals surface area contributed by atoms with Crippen LogP contribution in [0.5, 0.6) is 5.75 Å². The Kier molecular flexibility index (Phi) is 5.30. The van der Waals surface area contributed by atoms with Crippen LogP contribution in [0.15, 0.2) is 18.2 Å². The van der Waals surface area contributed by atoms with Crippen molar-refractivity contribution in [3.63, 3.8) is 0 Å². The zero-order chi connectivity index (χ0) is 15.4. The van der Waals surface area contributed by atoms with E-state index in [1.165, 1.54) is 13.2 Å². The predicted molar refractivity (Wildman–Crippen MR) is 79.0 cm³/mol. The summed E-state index contributed by atoms with van der Waals surface area (Å²) in [5.74, 6) is 0.243. The van der Waals surface area contributed by atoms with Crippen LogP contribution in [0.2, 0.25) is 0 Å². The Morgan fingerprint density at radius 2 is 2.29 bits per heavy atom. The van der Waals surface area contributed by atoms with Gasteiger partial charge in [0.05, 0.1) is 13.7 Å². The Labute approximate surface area is 125 Å². The van der Waals surface area contributed by atoms with Crippen LogP contribution >= 0.6 is 0 Å². The number of methoxy groups -OCH3 is 1. The Morgan fingerprint density at radius 3 is 2.90 bits per heavy atom. The second-order valence-corrected chi connectivity index (χ2v) is 6.45. The van der Waals surface area contributed by atoms with Gasteiger partial charge in [0.15, 0.2) is 11.6 Å². The largest absolute Gasteiger partial charge is 0.494 e. The second-order valence-electron chi connectivity index (χ2n) is 4.90. The summed E-state index contributed by atoms with van der Waals surface area (Å²) >= 11 is 0. The highest BCUT2D eigenvalue weighted by Gasteiger charge is 2.31. The molecule has 2 rings (SSSR count). The van der Waals surface area contributed by atoms with Crippen molar-refractivity contribution in [1.29, 1.82) is 0 Å². The van der Waals surface area contributed by atoms with Gasteiger partial charge in [-0.2, -0.15) is 0 Å². The molecule has 1 aliphatic rings. The van der Waals surface area contributed by atoms with E-state index in [1.54, 1.807) is 23.3 Å². The van der Waals surface area contributed by atoms with E-state index in [1.807, 2.05) is 0 Å². The van der Waals surface area contributed by atoms with Crippen molar-refractivity contribution < 1.29 is 18.1 Å². The van der Waals surface area contributed by atoms with Crippen LogP contribution < -0.4 is 10.1 Å². The minimum absolute atomic E-state index is 0.0295. The Bertz CT molecular complexity index is 553. The van der Waals surface area contributed by atoms with Gasteiger partial charge < -0.3 is 9.64 Å². The molecule has 0 spiro atoms. The number of rotatable bonds is 6. The predicted octanol–water partition coefficient (Wildman–Crippen LogP) is 1.03. The van der Waals surface area contributed by atoms with Crippen molar-refractivity contribution in [2.24, 2.45) is 0 Å². The standard InChI is InChI=1S/C14H19FN2O3S/c1-20-12-5-4-10(8-11(12)15)14-16-9-13(18)17(14)6-3-7-21(2)19/h4-5,8,14,16H,3,6-7,9H2,1-2H3. The van der Waals surface area contributed by atoms with Crippen molar-refractivity contribution in [3.8, 4) is 5.75 Å². The summed E-state index contributed by atoms with van der Waals surface area (Å²) in [7, 11) is 0.534. The van der Waals surface area contributed by atoms with Gasteiger partial charge in [-0.25, -0.2) is 4.39 Å². The highest BCUT2D eigenvalue weighted by molar-refractivity contribution is 7.84. The first-order chi connectivity index (χ1) is 10.0. The molecule has 5 nitrogen and oxygen atoms in total. The summed E-state index contributed by atoms with van der Waals surface area (Å²) in [6.07, 6.45) is 1.95. The van der Waals surface area contributed by atoms with Gasteiger partial charge in [-0.05, 0) is 24.1 Å². The lowest BCUT2D eigenvalue weighted by Crippen LogP contribution is -2.32. The zero-order valence-corrected chi connectivity index (χ0v) is 12.9. The third-order valence-corrected chi connectivity index (χ3v) is 4.26. The smallest absolute Gasteiger partial charge is 0.238 e. The molecule has 7 heteroatoms. The van der Waals surface area contributed by atoms with E-state index >= 15 is 0 Å². The van der Waals surface area contributed by atoms with E-state index < -0.39 is 16.6 Å². The number of hydrogen-bond acceptors (Lipinski definition) is 4. The molecule has 1 amide bonds. The lowest BCUT2D eigenvalue weighted by molar-refractivity contribution is -0.128. The van der Waals surface area contributed by atoms with Crippen LogP contribution in [-0.2, 0) is 15.6 Å². The number of nitrogens with one attached hydrogen (secondary N) is 1. The first kappa shape index (κ1) is 15.9. The van der Waals surface area contributed by atoms with Crippen molar-refractivity contribution in [1.82, 2.24) is 10.2 Å². The first-order valence-electron chi connectivity index (χ1n) is 6.69. The van der Waals surface area contributed by atoms with E-state index in [0.717, 1.165) is 0 Å². The minimum Gasteiger partial charge on any atom is -0.494 e. The average molecular weight is 314 g/mol. The molecule has 0 saturated carbocycles. The van der Waals surface area contributed by atoms with Gasteiger partial charge in [-0.15, -0.1) is 0 Å². The molecule has 1 heterocycles. The molecule has 116 valence electrons. The van der Waals surface area contributed by atoms with Gasteiger partial charge in [-0.1, -0.05) is 6.07 Å². The number of halogens is 1. The molecule has 2 atom stereocenters. The van der Waals surface area contributed by atoms with Gasteiger partial charge in [0.1, 0.15) is 6.17 Å². The van der Waals surface area contributed by atoms with Crippen LogP contribution in [-0.4, -0.2) is 47.2 Å². The lowest BCUT2D eigenvalue weighted by Gasteiger charge is -2.24.